The molecular weight excluding hydrogens is 634 g/mol. The summed E-state index contributed by atoms with van der Waals surface area (Å²) in [6.07, 6.45) is 0. The lowest BCUT2D eigenvalue weighted by Gasteiger charge is -2.14. The number of nitro groups is 3. The molecule has 0 unspecified atom stereocenters. The number of aromatic hydroxyl groups is 1. The third-order valence-corrected chi connectivity index (χ3v) is 6.00. The second-order valence-electron chi connectivity index (χ2n) is 8.39. The number of hydrogen-bond donors (Lipinski definition) is 5. The highest BCUT2D eigenvalue weighted by molar-refractivity contribution is 9.09. The van der Waals surface area contributed by atoms with Gasteiger partial charge in [0, 0.05) is 17.8 Å². The fourth-order valence-corrected chi connectivity index (χ4v) is 3.68. The lowest BCUT2D eigenvalue weighted by Crippen LogP contribution is -2.12. The van der Waals surface area contributed by atoms with E-state index in [0.717, 1.165) is 16.8 Å². The first-order valence-electron chi connectivity index (χ1n) is 11.9. The summed E-state index contributed by atoms with van der Waals surface area (Å²) in [7, 11) is 0. The fourth-order valence-electron chi connectivity index (χ4n) is 3.54. The number of aromatic nitrogens is 2. The summed E-state index contributed by atoms with van der Waals surface area (Å²) in [5.41, 5.74) is 12.8. The number of phenols is 1. The molecule has 0 radical (unpaired) electrons. The largest absolute Gasteiger partial charge is 0.497 e. The topological polar surface area (TPSA) is 269 Å². The van der Waals surface area contributed by atoms with Gasteiger partial charge < -0.3 is 27.2 Å². The molecule has 0 saturated carbocycles. The third kappa shape index (κ3) is 8.30. The summed E-state index contributed by atoms with van der Waals surface area (Å²) >= 11 is 3.12. The van der Waals surface area contributed by atoms with Crippen LogP contribution in [-0.4, -0.2) is 41.1 Å². The van der Waals surface area contributed by atoms with Crippen molar-refractivity contribution in [1.82, 2.24) is 9.97 Å². The van der Waals surface area contributed by atoms with Crippen molar-refractivity contribution in [3.63, 3.8) is 0 Å². The minimum absolute atomic E-state index is 0.0971. The zero-order valence-electron chi connectivity index (χ0n) is 21.8. The zero-order valence-corrected chi connectivity index (χ0v) is 23.4. The molecule has 0 saturated heterocycles. The van der Waals surface area contributed by atoms with E-state index >= 15 is 0 Å². The monoisotopic (exact) mass is 655 g/mol. The van der Waals surface area contributed by atoms with Crippen molar-refractivity contribution < 1.29 is 24.7 Å². The number of phenolic OH excluding ortho intramolecular Hbond substituents is 1. The Balaban J connectivity index is 0.000000271. The highest BCUT2D eigenvalue weighted by Gasteiger charge is 2.30. The number of rotatable bonds is 9. The molecule has 0 aliphatic heterocycles. The van der Waals surface area contributed by atoms with Gasteiger partial charge in [-0.25, -0.2) is 4.98 Å². The van der Waals surface area contributed by atoms with Crippen molar-refractivity contribution in [3.8, 4) is 17.0 Å². The van der Waals surface area contributed by atoms with Crippen LogP contribution in [0.25, 0.3) is 11.3 Å². The molecule has 0 spiro atoms. The van der Waals surface area contributed by atoms with Gasteiger partial charge in [0.15, 0.2) is 5.82 Å². The first-order chi connectivity index (χ1) is 20.4. The molecule has 4 rings (SSSR count). The Kier molecular flexibility index (Phi) is 10.4. The predicted octanol–water partition coefficient (Wildman–Crippen LogP) is 4.37. The Hall–Kier alpha value is -5.91. The van der Waals surface area contributed by atoms with Gasteiger partial charge >= 0.3 is 11.4 Å². The second kappa shape index (κ2) is 14.1. The standard InChI is InChI=1S/C19H19BrN6O.C6H3N3O7/c20-10-15(27)24-14-8-6-12(7-9-14)11-23-17-16(13-4-2-1-3-5-13)25-19(22)26-18(17)21;10-6-4(8(13)14)1-3(7(11)12)2-5(6)9(15)16/h1-9,23H,10-11H2,(H,24,27)(H4,21,22,25,26);1-2,10H. The quantitative estimate of drug-likeness (QED) is 0.0952. The van der Waals surface area contributed by atoms with Crippen LogP contribution in [0, 0.1) is 30.3 Å². The summed E-state index contributed by atoms with van der Waals surface area (Å²) < 4.78 is 0. The summed E-state index contributed by atoms with van der Waals surface area (Å²) in [4.78, 5) is 47.6. The van der Waals surface area contributed by atoms with E-state index < -0.39 is 37.6 Å². The smallest absolute Gasteiger partial charge is 0.324 e. The molecule has 3 aromatic carbocycles. The lowest BCUT2D eigenvalue weighted by molar-refractivity contribution is -0.404. The molecule has 0 aliphatic rings. The van der Waals surface area contributed by atoms with E-state index in [1.807, 2.05) is 54.6 Å². The van der Waals surface area contributed by atoms with Gasteiger partial charge in [-0.05, 0) is 17.7 Å². The molecular formula is C25H22BrN9O8. The van der Waals surface area contributed by atoms with Crippen molar-refractivity contribution >= 4 is 62.0 Å². The summed E-state index contributed by atoms with van der Waals surface area (Å²) in [5, 5.41) is 46.5. The Morgan fingerprint density at radius 2 is 1.47 bits per heavy atom. The van der Waals surface area contributed by atoms with Crippen molar-refractivity contribution in [2.45, 2.75) is 6.54 Å². The third-order valence-electron chi connectivity index (χ3n) is 5.49. The number of carbonyl (C=O) groups excluding carboxylic acids is 1. The number of nitrogens with two attached hydrogens (primary N) is 2. The number of non-ortho nitro benzene ring substituents is 1. The van der Waals surface area contributed by atoms with Crippen LogP contribution < -0.4 is 22.1 Å². The molecule has 0 aliphatic carbocycles. The molecule has 0 atom stereocenters. The lowest BCUT2D eigenvalue weighted by atomic mass is 10.1. The molecule has 43 heavy (non-hydrogen) atoms. The fraction of sp³-hybridized carbons (Fsp3) is 0.0800. The summed E-state index contributed by atoms with van der Waals surface area (Å²) in [5.74, 6) is -0.882. The van der Waals surface area contributed by atoms with Crippen LogP contribution in [-0.2, 0) is 11.3 Å². The number of nitrogens with one attached hydrogen (secondary N) is 2. The molecule has 222 valence electrons. The van der Waals surface area contributed by atoms with Crippen LogP contribution in [0.5, 0.6) is 5.75 Å². The number of nitrogen functional groups attached to an aromatic ring is 2. The van der Waals surface area contributed by atoms with Crippen LogP contribution in [0.4, 0.5) is 40.2 Å². The van der Waals surface area contributed by atoms with E-state index in [1.165, 1.54) is 0 Å². The molecule has 0 bridgehead atoms. The Bertz CT molecular complexity index is 1640. The Labute approximate surface area is 250 Å². The maximum Gasteiger partial charge on any atom is 0.324 e. The molecule has 1 aromatic heterocycles. The van der Waals surface area contributed by atoms with Crippen molar-refractivity contribution in [2.75, 3.05) is 27.4 Å². The van der Waals surface area contributed by atoms with Gasteiger partial charge in [-0.1, -0.05) is 58.4 Å². The number of benzene rings is 3. The van der Waals surface area contributed by atoms with Crippen LogP contribution in [0.15, 0.2) is 66.7 Å². The highest BCUT2D eigenvalue weighted by Crippen LogP contribution is 2.39. The maximum absolute atomic E-state index is 11.4. The van der Waals surface area contributed by atoms with Gasteiger partial charge in [0.25, 0.3) is 11.4 Å². The van der Waals surface area contributed by atoms with Gasteiger partial charge in [-0.2, -0.15) is 4.98 Å². The van der Waals surface area contributed by atoms with E-state index in [-0.39, 0.29) is 17.2 Å². The van der Waals surface area contributed by atoms with Gasteiger partial charge in [0.1, 0.15) is 11.4 Å². The van der Waals surface area contributed by atoms with Crippen LogP contribution in [0.2, 0.25) is 0 Å². The SMILES string of the molecule is Nc1nc(N)c(NCc2ccc(NC(=O)CBr)cc2)c(-c2ccccc2)n1.O=[N+]([O-])c1cc([N+](=O)[O-])c(O)c([N+](=O)[O-])c1. The van der Waals surface area contributed by atoms with Crippen LogP contribution in [0.3, 0.4) is 0 Å². The first kappa shape index (κ1) is 31.6. The molecule has 1 amide bonds. The summed E-state index contributed by atoms with van der Waals surface area (Å²) in [6.45, 7) is 0.518. The van der Waals surface area contributed by atoms with Gasteiger partial charge in [-0.3, -0.25) is 35.1 Å². The molecule has 1 heterocycles. The van der Waals surface area contributed by atoms with Gasteiger partial charge in [0.05, 0.1) is 32.2 Å². The zero-order chi connectivity index (χ0) is 31.7. The molecule has 18 heteroatoms. The number of nitrogens with zero attached hydrogens (tertiary/aromatic N) is 5. The van der Waals surface area contributed by atoms with E-state index in [1.54, 1.807) is 0 Å². The molecule has 7 N–H and O–H groups in total. The number of anilines is 4. The first-order valence-corrected chi connectivity index (χ1v) is 13.0. The minimum atomic E-state index is -1.21. The number of hydrogen-bond acceptors (Lipinski definition) is 13. The Morgan fingerprint density at radius 1 is 0.884 bits per heavy atom. The van der Waals surface area contributed by atoms with E-state index in [2.05, 4.69) is 36.5 Å². The van der Waals surface area contributed by atoms with E-state index in [4.69, 9.17) is 16.6 Å². The van der Waals surface area contributed by atoms with Gasteiger partial charge in [-0.15, -0.1) is 0 Å². The predicted molar refractivity (Wildman–Crippen MR) is 161 cm³/mol. The van der Waals surface area contributed by atoms with Crippen molar-refractivity contribution in [2.24, 2.45) is 0 Å². The van der Waals surface area contributed by atoms with Crippen molar-refractivity contribution in [3.05, 3.63) is 103 Å². The highest BCUT2D eigenvalue weighted by atomic mass is 79.9. The number of alkyl halides is 1. The van der Waals surface area contributed by atoms with E-state index in [9.17, 15) is 35.1 Å². The summed E-state index contributed by atoms with van der Waals surface area (Å²) in [6, 6.07) is 18.1. The number of carbonyl (C=O) groups is 1. The normalized spacial score (nSPS) is 10.2. The van der Waals surface area contributed by atoms with Crippen molar-refractivity contribution in [1.29, 1.82) is 0 Å². The van der Waals surface area contributed by atoms with Gasteiger partial charge in [0.2, 0.25) is 11.9 Å². The maximum atomic E-state index is 11.4. The Morgan fingerprint density at radius 3 is 1.98 bits per heavy atom. The van der Waals surface area contributed by atoms with Crippen LogP contribution >= 0.6 is 15.9 Å². The molecule has 0 fully saturated rings. The molecule has 4 aromatic rings. The van der Waals surface area contributed by atoms with Crippen LogP contribution in [0.1, 0.15) is 5.56 Å². The molecule has 17 nitrogen and oxygen atoms in total. The number of nitro benzene ring substituents is 3. The minimum Gasteiger partial charge on any atom is -0.497 e. The van der Waals surface area contributed by atoms with E-state index in [0.29, 0.717) is 35.9 Å². The average molecular weight is 656 g/mol. The average Bonchev–Trinajstić information content (AvgIpc) is 2.97. The second-order valence-corrected chi connectivity index (χ2v) is 8.95. The number of halogens is 1. The number of amides is 1.